The molecule has 1 aliphatic rings. The van der Waals surface area contributed by atoms with Crippen molar-refractivity contribution in [3.63, 3.8) is 0 Å². The predicted octanol–water partition coefficient (Wildman–Crippen LogP) is 2.07. The Kier molecular flexibility index (Phi) is 5.26. The SMILES string of the molecule is CCC1CN(CCCN(C)C)c2ccc(CN)cc2O1. The number of rotatable bonds is 6. The molecule has 0 radical (unpaired) electrons. The topological polar surface area (TPSA) is 41.7 Å². The summed E-state index contributed by atoms with van der Waals surface area (Å²) in [4.78, 5) is 4.69. The zero-order chi connectivity index (χ0) is 14.5. The lowest BCUT2D eigenvalue weighted by atomic mass is 10.1. The van der Waals surface area contributed by atoms with E-state index in [0.717, 1.165) is 37.4 Å². The third-order valence-corrected chi connectivity index (χ3v) is 3.81. The molecule has 0 saturated heterocycles. The summed E-state index contributed by atoms with van der Waals surface area (Å²) in [5.41, 5.74) is 8.07. The molecule has 0 bridgehead atoms. The molecule has 20 heavy (non-hydrogen) atoms. The van der Waals surface area contributed by atoms with E-state index in [1.807, 2.05) is 0 Å². The fourth-order valence-electron chi connectivity index (χ4n) is 2.60. The van der Waals surface area contributed by atoms with Gasteiger partial charge in [0.2, 0.25) is 0 Å². The summed E-state index contributed by atoms with van der Waals surface area (Å²) in [7, 11) is 4.24. The molecule has 1 aliphatic heterocycles. The van der Waals surface area contributed by atoms with Gasteiger partial charge in [0.05, 0.1) is 12.2 Å². The minimum atomic E-state index is 0.287. The number of nitrogens with zero attached hydrogens (tertiary/aromatic N) is 2. The second kappa shape index (κ2) is 6.95. The van der Waals surface area contributed by atoms with Gasteiger partial charge in [-0.2, -0.15) is 0 Å². The van der Waals surface area contributed by atoms with Crippen molar-refractivity contribution in [3.8, 4) is 5.75 Å². The molecule has 0 aliphatic carbocycles. The Hall–Kier alpha value is -1.26. The van der Waals surface area contributed by atoms with E-state index in [1.165, 1.54) is 12.1 Å². The van der Waals surface area contributed by atoms with Gasteiger partial charge >= 0.3 is 0 Å². The highest BCUT2D eigenvalue weighted by Gasteiger charge is 2.24. The number of fused-ring (bicyclic) bond motifs is 1. The zero-order valence-electron chi connectivity index (χ0n) is 12.9. The minimum absolute atomic E-state index is 0.287. The van der Waals surface area contributed by atoms with Crippen molar-refractivity contribution in [1.29, 1.82) is 0 Å². The monoisotopic (exact) mass is 277 g/mol. The van der Waals surface area contributed by atoms with Crippen molar-refractivity contribution in [3.05, 3.63) is 23.8 Å². The van der Waals surface area contributed by atoms with Crippen molar-refractivity contribution >= 4 is 5.69 Å². The average Bonchev–Trinajstić information content (AvgIpc) is 2.45. The predicted molar refractivity (Wildman–Crippen MR) is 84.4 cm³/mol. The van der Waals surface area contributed by atoms with Crippen LogP contribution in [0.5, 0.6) is 5.75 Å². The van der Waals surface area contributed by atoms with Gasteiger partial charge in [0, 0.05) is 13.1 Å². The van der Waals surface area contributed by atoms with Crippen molar-refractivity contribution < 1.29 is 4.74 Å². The van der Waals surface area contributed by atoms with Gasteiger partial charge in [0.25, 0.3) is 0 Å². The standard InChI is InChI=1S/C16H27N3O/c1-4-14-12-19(9-5-8-18(2)3)15-7-6-13(11-17)10-16(15)20-14/h6-7,10,14H,4-5,8-9,11-12,17H2,1-3H3. The van der Waals surface area contributed by atoms with E-state index in [-0.39, 0.29) is 6.10 Å². The van der Waals surface area contributed by atoms with Crippen LogP contribution in [0, 0.1) is 0 Å². The Labute approximate surface area is 122 Å². The summed E-state index contributed by atoms with van der Waals surface area (Å²) in [6.07, 6.45) is 2.49. The first kappa shape index (κ1) is 15.1. The summed E-state index contributed by atoms with van der Waals surface area (Å²) < 4.78 is 6.07. The number of hydrogen-bond acceptors (Lipinski definition) is 4. The smallest absolute Gasteiger partial charge is 0.143 e. The molecule has 4 nitrogen and oxygen atoms in total. The van der Waals surface area contributed by atoms with Crippen LogP contribution in [0.3, 0.4) is 0 Å². The molecule has 0 amide bonds. The molecule has 1 unspecified atom stereocenters. The highest BCUT2D eigenvalue weighted by molar-refractivity contribution is 5.61. The van der Waals surface area contributed by atoms with Crippen molar-refractivity contribution in [2.24, 2.45) is 5.73 Å². The third-order valence-electron chi connectivity index (χ3n) is 3.81. The largest absolute Gasteiger partial charge is 0.486 e. The van der Waals surface area contributed by atoms with Crippen LogP contribution in [0.25, 0.3) is 0 Å². The van der Waals surface area contributed by atoms with Crippen LogP contribution in [-0.2, 0) is 6.54 Å². The number of anilines is 1. The summed E-state index contributed by atoms with van der Waals surface area (Å²) in [5, 5.41) is 0. The van der Waals surface area contributed by atoms with Crippen LogP contribution >= 0.6 is 0 Å². The Balaban J connectivity index is 2.12. The van der Waals surface area contributed by atoms with Gasteiger partial charge in [-0.05, 0) is 51.2 Å². The number of benzene rings is 1. The first-order valence-electron chi connectivity index (χ1n) is 7.53. The molecule has 0 aromatic heterocycles. The van der Waals surface area contributed by atoms with Gasteiger partial charge in [-0.1, -0.05) is 13.0 Å². The molecule has 4 heteroatoms. The normalized spacial score (nSPS) is 18.1. The van der Waals surface area contributed by atoms with Gasteiger partial charge in [-0.25, -0.2) is 0 Å². The van der Waals surface area contributed by atoms with Crippen LogP contribution in [0.15, 0.2) is 18.2 Å². The quantitative estimate of drug-likeness (QED) is 0.864. The second-order valence-electron chi connectivity index (χ2n) is 5.76. The van der Waals surface area contributed by atoms with Crippen LogP contribution in [0.2, 0.25) is 0 Å². The summed E-state index contributed by atoms with van der Waals surface area (Å²) in [6, 6.07) is 6.35. The molecule has 1 aromatic rings. The molecule has 2 rings (SSSR count). The highest BCUT2D eigenvalue weighted by atomic mass is 16.5. The first-order valence-corrected chi connectivity index (χ1v) is 7.53. The molecule has 0 fully saturated rings. The van der Waals surface area contributed by atoms with Gasteiger partial charge in [-0.15, -0.1) is 0 Å². The Morgan fingerprint density at radius 1 is 1.40 bits per heavy atom. The fourth-order valence-corrected chi connectivity index (χ4v) is 2.60. The summed E-state index contributed by atoms with van der Waals surface area (Å²) >= 11 is 0. The number of ether oxygens (including phenoxy) is 1. The fraction of sp³-hybridized carbons (Fsp3) is 0.625. The van der Waals surface area contributed by atoms with Crippen LogP contribution < -0.4 is 15.4 Å². The van der Waals surface area contributed by atoms with Crippen molar-refractivity contribution in [2.75, 3.05) is 38.6 Å². The minimum Gasteiger partial charge on any atom is -0.486 e. The van der Waals surface area contributed by atoms with Gasteiger partial charge in [0.1, 0.15) is 11.9 Å². The van der Waals surface area contributed by atoms with E-state index in [4.69, 9.17) is 10.5 Å². The lowest BCUT2D eigenvalue weighted by molar-refractivity contribution is 0.188. The van der Waals surface area contributed by atoms with E-state index in [0.29, 0.717) is 6.54 Å². The molecule has 1 atom stereocenters. The second-order valence-corrected chi connectivity index (χ2v) is 5.76. The lowest BCUT2D eigenvalue weighted by Gasteiger charge is -2.36. The van der Waals surface area contributed by atoms with Gasteiger partial charge in [-0.3, -0.25) is 0 Å². The van der Waals surface area contributed by atoms with E-state index < -0.39 is 0 Å². The Morgan fingerprint density at radius 2 is 2.20 bits per heavy atom. The maximum Gasteiger partial charge on any atom is 0.143 e. The molecular formula is C16H27N3O. The molecule has 1 heterocycles. The van der Waals surface area contributed by atoms with Crippen LogP contribution in [0.4, 0.5) is 5.69 Å². The lowest BCUT2D eigenvalue weighted by Crippen LogP contribution is -2.40. The molecule has 2 N–H and O–H groups in total. The first-order chi connectivity index (χ1) is 9.63. The van der Waals surface area contributed by atoms with E-state index in [2.05, 4.69) is 49.0 Å². The summed E-state index contributed by atoms with van der Waals surface area (Å²) in [5.74, 6) is 0.996. The van der Waals surface area contributed by atoms with Crippen LogP contribution in [-0.4, -0.2) is 44.7 Å². The molecule has 112 valence electrons. The number of hydrogen-bond donors (Lipinski definition) is 1. The molecule has 1 aromatic carbocycles. The summed E-state index contributed by atoms with van der Waals surface area (Å²) in [6.45, 7) is 5.92. The zero-order valence-corrected chi connectivity index (χ0v) is 12.9. The molecular weight excluding hydrogens is 250 g/mol. The van der Waals surface area contributed by atoms with Gasteiger partial charge in [0.15, 0.2) is 0 Å². The van der Waals surface area contributed by atoms with E-state index in [9.17, 15) is 0 Å². The Morgan fingerprint density at radius 3 is 2.85 bits per heavy atom. The van der Waals surface area contributed by atoms with E-state index in [1.54, 1.807) is 0 Å². The van der Waals surface area contributed by atoms with Crippen molar-refractivity contribution in [1.82, 2.24) is 4.90 Å². The van der Waals surface area contributed by atoms with Gasteiger partial charge < -0.3 is 20.3 Å². The maximum atomic E-state index is 6.07. The number of nitrogens with two attached hydrogens (primary N) is 1. The van der Waals surface area contributed by atoms with E-state index >= 15 is 0 Å². The maximum absolute atomic E-state index is 6.07. The van der Waals surface area contributed by atoms with Crippen molar-refractivity contribution in [2.45, 2.75) is 32.4 Å². The molecule has 0 saturated carbocycles. The Bertz CT molecular complexity index is 434. The highest BCUT2D eigenvalue weighted by Crippen LogP contribution is 2.35. The third kappa shape index (κ3) is 3.64. The van der Waals surface area contributed by atoms with Crippen LogP contribution in [0.1, 0.15) is 25.3 Å². The average molecular weight is 277 g/mol. The molecule has 0 spiro atoms.